The number of aryl methyl sites for hydroxylation is 1. The predicted octanol–water partition coefficient (Wildman–Crippen LogP) is 2.57. The molecule has 108 valence electrons. The van der Waals surface area contributed by atoms with E-state index in [0.29, 0.717) is 13.1 Å². The number of hydrogen-bond acceptors (Lipinski definition) is 3. The molecule has 2 N–H and O–H groups in total. The normalized spacial score (nSPS) is 13.4. The Labute approximate surface area is 117 Å². The van der Waals surface area contributed by atoms with Crippen LogP contribution < -0.4 is 10.2 Å². The molecule has 0 amide bonds. The van der Waals surface area contributed by atoms with E-state index in [1.54, 1.807) is 0 Å². The standard InChI is InChI=1S/C16H28N2O/c1-6-18(14-9-7-13(2)8-10-14)12-15(19)11-17-16(3,4)5/h7-10,15,17,19H,6,11-12H2,1-5H3. The summed E-state index contributed by atoms with van der Waals surface area (Å²) in [6, 6.07) is 8.45. The van der Waals surface area contributed by atoms with Gasteiger partial charge in [0.05, 0.1) is 6.10 Å². The minimum atomic E-state index is -0.361. The van der Waals surface area contributed by atoms with Crippen molar-refractivity contribution in [3.63, 3.8) is 0 Å². The fourth-order valence-electron chi connectivity index (χ4n) is 1.92. The van der Waals surface area contributed by atoms with Crippen molar-refractivity contribution in [2.75, 3.05) is 24.5 Å². The van der Waals surface area contributed by atoms with Gasteiger partial charge in [0.2, 0.25) is 0 Å². The topological polar surface area (TPSA) is 35.5 Å². The van der Waals surface area contributed by atoms with Crippen LogP contribution in [0.1, 0.15) is 33.3 Å². The summed E-state index contributed by atoms with van der Waals surface area (Å²) in [6.07, 6.45) is -0.361. The molecule has 1 rings (SSSR count). The van der Waals surface area contributed by atoms with Crippen molar-refractivity contribution in [1.29, 1.82) is 0 Å². The third-order valence-electron chi connectivity index (χ3n) is 3.08. The highest BCUT2D eigenvalue weighted by molar-refractivity contribution is 5.47. The van der Waals surface area contributed by atoms with Crippen LogP contribution in [0.4, 0.5) is 5.69 Å². The van der Waals surface area contributed by atoms with Crippen molar-refractivity contribution in [1.82, 2.24) is 5.32 Å². The monoisotopic (exact) mass is 264 g/mol. The number of rotatable bonds is 6. The van der Waals surface area contributed by atoms with Crippen LogP contribution in [0.5, 0.6) is 0 Å². The van der Waals surface area contributed by atoms with E-state index in [4.69, 9.17) is 0 Å². The molecule has 19 heavy (non-hydrogen) atoms. The molecule has 1 aromatic carbocycles. The van der Waals surface area contributed by atoms with Gasteiger partial charge in [0.25, 0.3) is 0 Å². The Morgan fingerprint density at radius 3 is 2.26 bits per heavy atom. The zero-order valence-electron chi connectivity index (χ0n) is 12.9. The Hall–Kier alpha value is -1.06. The smallest absolute Gasteiger partial charge is 0.0839 e. The Kier molecular flexibility index (Phi) is 5.83. The quantitative estimate of drug-likeness (QED) is 0.829. The van der Waals surface area contributed by atoms with Crippen LogP contribution >= 0.6 is 0 Å². The molecule has 0 saturated carbocycles. The first-order chi connectivity index (χ1) is 8.81. The molecule has 0 fully saturated rings. The zero-order chi connectivity index (χ0) is 14.5. The molecule has 0 heterocycles. The Balaban J connectivity index is 2.54. The van der Waals surface area contributed by atoms with Gasteiger partial charge in [-0.2, -0.15) is 0 Å². The second kappa shape index (κ2) is 6.92. The second-order valence-corrected chi connectivity index (χ2v) is 6.16. The maximum atomic E-state index is 10.1. The van der Waals surface area contributed by atoms with Crippen molar-refractivity contribution < 1.29 is 5.11 Å². The van der Waals surface area contributed by atoms with E-state index in [9.17, 15) is 5.11 Å². The molecule has 0 spiro atoms. The van der Waals surface area contributed by atoms with E-state index >= 15 is 0 Å². The second-order valence-electron chi connectivity index (χ2n) is 6.16. The number of aliphatic hydroxyl groups excluding tert-OH is 1. The Morgan fingerprint density at radius 1 is 1.21 bits per heavy atom. The third kappa shape index (κ3) is 6.08. The highest BCUT2D eigenvalue weighted by Gasteiger charge is 2.14. The lowest BCUT2D eigenvalue weighted by molar-refractivity contribution is 0.166. The Bertz CT molecular complexity index is 367. The highest BCUT2D eigenvalue weighted by atomic mass is 16.3. The number of nitrogens with one attached hydrogen (secondary N) is 1. The molecule has 0 aromatic heterocycles. The molecule has 0 aliphatic heterocycles. The molecule has 1 aromatic rings. The molecule has 0 radical (unpaired) electrons. The van der Waals surface area contributed by atoms with Gasteiger partial charge in [0, 0.05) is 30.9 Å². The molecule has 0 saturated heterocycles. The van der Waals surface area contributed by atoms with E-state index in [2.05, 4.69) is 69.1 Å². The number of hydrogen-bond donors (Lipinski definition) is 2. The number of likely N-dealkylation sites (N-methyl/N-ethyl adjacent to an activating group) is 1. The average molecular weight is 264 g/mol. The average Bonchev–Trinajstić information content (AvgIpc) is 2.34. The van der Waals surface area contributed by atoms with E-state index in [1.807, 2.05) is 0 Å². The summed E-state index contributed by atoms with van der Waals surface area (Å²) in [5.41, 5.74) is 2.47. The minimum Gasteiger partial charge on any atom is -0.390 e. The summed E-state index contributed by atoms with van der Waals surface area (Å²) in [6.45, 7) is 12.7. The van der Waals surface area contributed by atoms with Crippen molar-refractivity contribution in [3.05, 3.63) is 29.8 Å². The minimum absolute atomic E-state index is 0.0435. The van der Waals surface area contributed by atoms with Crippen molar-refractivity contribution in [3.8, 4) is 0 Å². The first-order valence-electron chi connectivity index (χ1n) is 7.06. The number of β-amino-alcohol motifs (C(OH)–C–C–N with tert-alkyl or cyclic N) is 1. The molecule has 0 bridgehead atoms. The van der Waals surface area contributed by atoms with Gasteiger partial charge in [-0.25, -0.2) is 0 Å². The lowest BCUT2D eigenvalue weighted by Crippen LogP contribution is -2.44. The van der Waals surface area contributed by atoms with Gasteiger partial charge in [-0.3, -0.25) is 0 Å². The molecule has 1 unspecified atom stereocenters. The summed E-state index contributed by atoms with van der Waals surface area (Å²) in [7, 11) is 0. The van der Waals surface area contributed by atoms with Crippen LogP contribution in [-0.4, -0.2) is 36.4 Å². The lowest BCUT2D eigenvalue weighted by atomic mass is 10.1. The van der Waals surface area contributed by atoms with Crippen LogP contribution in [0.15, 0.2) is 24.3 Å². The van der Waals surface area contributed by atoms with Gasteiger partial charge >= 0.3 is 0 Å². The van der Waals surface area contributed by atoms with Gasteiger partial charge in [0.15, 0.2) is 0 Å². The fraction of sp³-hybridized carbons (Fsp3) is 0.625. The predicted molar refractivity (Wildman–Crippen MR) is 82.8 cm³/mol. The number of nitrogens with zero attached hydrogens (tertiary/aromatic N) is 1. The number of aliphatic hydroxyl groups is 1. The van der Waals surface area contributed by atoms with E-state index < -0.39 is 0 Å². The number of anilines is 1. The molecule has 3 nitrogen and oxygen atoms in total. The van der Waals surface area contributed by atoms with Crippen LogP contribution in [0.25, 0.3) is 0 Å². The maximum Gasteiger partial charge on any atom is 0.0839 e. The molecule has 0 aliphatic carbocycles. The largest absolute Gasteiger partial charge is 0.390 e. The maximum absolute atomic E-state index is 10.1. The number of benzene rings is 1. The summed E-state index contributed by atoms with van der Waals surface area (Å²) in [5.74, 6) is 0. The molecule has 3 heteroatoms. The van der Waals surface area contributed by atoms with Crippen LogP contribution in [0.3, 0.4) is 0 Å². The van der Waals surface area contributed by atoms with Gasteiger partial charge in [0.1, 0.15) is 0 Å². The Morgan fingerprint density at radius 2 is 1.79 bits per heavy atom. The molecule has 1 atom stereocenters. The highest BCUT2D eigenvalue weighted by Crippen LogP contribution is 2.15. The van der Waals surface area contributed by atoms with Crippen molar-refractivity contribution >= 4 is 5.69 Å². The van der Waals surface area contributed by atoms with Gasteiger partial charge in [-0.05, 0) is 46.8 Å². The third-order valence-corrected chi connectivity index (χ3v) is 3.08. The van der Waals surface area contributed by atoms with Gasteiger partial charge in [-0.15, -0.1) is 0 Å². The summed E-state index contributed by atoms with van der Waals surface area (Å²) in [4.78, 5) is 2.20. The summed E-state index contributed by atoms with van der Waals surface area (Å²) < 4.78 is 0. The molecular formula is C16H28N2O. The molecule has 0 aliphatic rings. The summed E-state index contributed by atoms with van der Waals surface area (Å²) >= 11 is 0. The van der Waals surface area contributed by atoms with E-state index in [1.165, 1.54) is 11.3 Å². The first-order valence-corrected chi connectivity index (χ1v) is 7.06. The van der Waals surface area contributed by atoms with Gasteiger partial charge < -0.3 is 15.3 Å². The van der Waals surface area contributed by atoms with Crippen LogP contribution in [0, 0.1) is 6.92 Å². The van der Waals surface area contributed by atoms with Crippen LogP contribution in [0.2, 0.25) is 0 Å². The molecular weight excluding hydrogens is 236 g/mol. The van der Waals surface area contributed by atoms with Gasteiger partial charge in [-0.1, -0.05) is 17.7 Å². The van der Waals surface area contributed by atoms with Crippen molar-refractivity contribution in [2.24, 2.45) is 0 Å². The lowest BCUT2D eigenvalue weighted by Gasteiger charge is -2.28. The van der Waals surface area contributed by atoms with Crippen LogP contribution in [-0.2, 0) is 0 Å². The van der Waals surface area contributed by atoms with E-state index in [0.717, 1.165) is 6.54 Å². The fourth-order valence-corrected chi connectivity index (χ4v) is 1.92. The zero-order valence-corrected chi connectivity index (χ0v) is 12.9. The first kappa shape index (κ1) is 16.0. The van der Waals surface area contributed by atoms with Crippen molar-refractivity contribution in [2.45, 2.75) is 46.3 Å². The van der Waals surface area contributed by atoms with E-state index in [-0.39, 0.29) is 11.6 Å². The SMILES string of the molecule is CCN(CC(O)CNC(C)(C)C)c1ccc(C)cc1. The summed E-state index contributed by atoms with van der Waals surface area (Å²) in [5, 5.41) is 13.5.